The van der Waals surface area contributed by atoms with Crippen molar-refractivity contribution in [3.8, 4) is 11.5 Å². The fourth-order valence-electron chi connectivity index (χ4n) is 3.39. The summed E-state index contributed by atoms with van der Waals surface area (Å²) in [4.78, 5) is 37.2. The van der Waals surface area contributed by atoms with E-state index in [1.165, 1.54) is 0 Å². The van der Waals surface area contributed by atoms with Crippen molar-refractivity contribution in [1.82, 2.24) is 10.6 Å². The van der Waals surface area contributed by atoms with Crippen LogP contribution in [-0.2, 0) is 11.3 Å². The maximum Gasteiger partial charge on any atom is 0.255 e. The fraction of sp³-hybridized carbons (Fsp3) is 0.250. The average molecular weight is 490 g/mol. The van der Waals surface area contributed by atoms with E-state index >= 15 is 0 Å². The fourth-order valence-corrected chi connectivity index (χ4v) is 3.39. The highest BCUT2D eigenvalue weighted by molar-refractivity contribution is 6.04. The first kappa shape index (κ1) is 26.3. The van der Waals surface area contributed by atoms with Crippen molar-refractivity contribution >= 4 is 23.4 Å². The summed E-state index contributed by atoms with van der Waals surface area (Å²) in [6, 6.07) is 19.4. The largest absolute Gasteiger partial charge is 0.490 e. The lowest BCUT2D eigenvalue weighted by molar-refractivity contribution is -0.120. The van der Waals surface area contributed by atoms with Crippen molar-refractivity contribution in [3.05, 3.63) is 89.0 Å². The lowest BCUT2D eigenvalue weighted by Gasteiger charge is -2.12. The summed E-state index contributed by atoms with van der Waals surface area (Å²) < 4.78 is 11.1. The third-order valence-corrected chi connectivity index (χ3v) is 5.20. The smallest absolute Gasteiger partial charge is 0.255 e. The van der Waals surface area contributed by atoms with Crippen molar-refractivity contribution in [1.29, 1.82) is 0 Å². The molecule has 3 aromatic carbocycles. The molecule has 0 aliphatic heterocycles. The minimum absolute atomic E-state index is 0.181. The van der Waals surface area contributed by atoms with Gasteiger partial charge >= 0.3 is 0 Å². The zero-order valence-electron chi connectivity index (χ0n) is 20.7. The molecule has 188 valence electrons. The van der Waals surface area contributed by atoms with Crippen LogP contribution >= 0.6 is 0 Å². The molecular weight excluding hydrogens is 458 g/mol. The molecule has 0 saturated heterocycles. The zero-order valence-corrected chi connectivity index (χ0v) is 20.7. The van der Waals surface area contributed by atoms with Crippen LogP contribution in [0.1, 0.15) is 45.7 Å². The monoisotopic (exact) mass is 489 g/mol. The molecule has 3 rings (SSSR count). The van der Waals surface area contributed by atoms with Gasteiger partial charge < -0.3 is 25.4 Å². The molecule has 0 heterocycles. The normalized spacial score (nSPS) is 10.3. The summed E-state index contributed by atoms with van der Waals surface area (Å²) >= 11 is 0. The Morgan fingerprint density at radius 1 is 0.750 bits per heavy atom. The predicted octanol–water partition coefficient (Wildman–Crippen LogP) is 4.09. The second-order valence-corrected chi connectivity index (χ2v) is 8.01. The molecule has 0 aliphatic carbocycles. The number of ether oxygens (including phenoxy) is 2. The van der Waals surface area contributed by atoms with E-state index in [2.05, 4.69) is 16.0 Å². The van der Waals surface area contributed by atoms with E-state index in [0.717, 1.165) is 11.1 Å². The Balaban J connectivity index is 1.50. The standard InChI is InChI=1S/C28H31N3O5/c1-4-35-24-14-13-22(16-25(24)36-5-2)27(33)30-18-26(32)29-17-20-7-6-8-23(15-20)31-28(34)21-11-9-19(3)10-12-21/h6-16H,4-5,17-18H2,1-3H3,(H,29,32)(H,30,33)(H,31,34). The highest BCUT2D eigenvalue weighted by Crippen LogP contribution is 2.28. The summed E-state index contributed by atoms with van der Waals surface area (Å²) in [6.45, 7) is 6.66. The van der Waals surface area contributed by atoms with Crippen LogP contribution in [0.25, 0.3) is 0 Å². The highest BCUT2D eigenvalue weighted by atomic mass is 16.5. The van der Waals surface area contributed by atoms with Crippen LogP contribution in [0.3, 0.4) is 0 Å². The van der Waals surface area contributed by atoms with Crippen molar-refractivity contribution in [3.63, 3.8) is 0 Å². The van der Waals surface area contributed by atoms with Gasteiger partial charge in [0.1, 0.15) is 0 Å². The van der Waals surface area contributed by atoms with Gasteiger partial charge in [-0.15, -0.1) is 0 Å². The molecule has 8 heteroatoms. The van der Waals surface area contributed by atoms with Crippen molar-refractivity contribution in [2.24, 2.45) is 0 Å². The van der Waals surface area contributed by atoms with Crippen molar-refractivity contribution in [2.45, 2.75) is 27.3 Å². The third-order valence-electron chi connectivity index (χ3n) is 5.20. The Bertz CT molecular complexity index is 1210. The maximum atomic E-state index is 12.5. The lowest BCUT2D eigenvalue weighted by Crippen LogP contribution is -2.36. The van der Waals surface area contributed by atoms with E-state index in [1.54, 1.807) is 48.5 Å². The number of hydrogen-bond donors (Lipinski definition) is 3. The van der Waals surface area contributed by atoms with Gasteiger partial charge in [0, 0.05) is 23.4 Å². The topological polar surface area (TPSA) is 106 Å². The molecule has 3 aromatic rings. The van der Waals surface area contributed by atoms with Gasteiger partial charge in [0.15, 0.2) is 11.5 Å². The van der Waals surface area contributed by atoms with Gasteiger partial charge in [0.05, 0.1) is 19.8 Å². The summed E-state index contributed by atoms with van der Waals surface area (Å²) in [5, 5.41) is 8.24. The van der Waals surface area contributed by atoms with Gasteiger partial charge in [-0.3, -0.25) is 14.4 Å². The zero-order chi connectivity index (χ0) is 25.9. The molecule has 0 radical (unpaired) electrons. The first-order chi connectivity index (χ1) is 17.4. The number of hydrogen-bond acceptors (Lipinski definition) is 5. The summed E-state index contributed by atoms with van der Waals surface area (Å²) in [6.07, 6.45) is 0. The van der Waals surface area contributed by atoms with Crippen LogP contribution in [-0.4, -0.2) is 37.5 Å². The number of amides is 3. The summed E-state index contributed by atoms with van der Waals surface area (Å²) in [7, 11) is 0. The second-order valence-electron chi connectivity index (χ2n) is 8.01. The van der Waals surface area contributed by atoms with Crippen LogP contribution < -0.4 is 25.4 Å². The molecule has 0 fully saturated rings. The van der Waals surface area contributed by atoms with Crippen molar-refractivity contribution < 1.29 is 23.9 Å². The average Bonchev–Trinajstić information content (AvgIpc) is 2.88. The second kappa shape index (κ2) is 12.9. The van der Waals surface area contributed by atoms with Gasteiger partial charge in [0.25, 0.3) is 11.8 Å². The number of benzene rings is 3. The summed E-state index contributed by atoms with van der Waals surface area (Å²) in [5.74, 6) is 0.0980. The number of carbonyl (C=O) groups excluding carboxylic acids is 3. The minimum Gasteiger partial charge on any atom is -0.490 e. The molecule has 3 N–H and O–H groups in total. The third kappa shape index (κ3) is 7.59. The molecule has 0 aliphatic rings. The SMILES string of the molecule is CCOc1ccc(C(=O)NCC(=O)NCc2cccc(NC(=O)c3ccc(C)cc3)c2)cc1OCC. The van der Waals surface area contributed by atoms with E-state index in [9.17, 15) is 14.4 Å². The van der Waals surface area contributed by atoms with E-state index in [1.807, 2.05) is 39.0 Å². The number of anilines is 1. The molecule has 8 nitrogen and oxygen atoms in total. The molecule has 0 aromatic heterocycles. The number of carbonyl (C=O) groups is 3. The predicted molar refractivity (Wildman–Crippen MR) is 139 cm³/mol. The van der Waals surface area contributed by atoms with Gasteiger partial charge in [0.2, 0.25) is 5.91 Å². The van der Waals surface area contributed by atoms with E-state index in [4.69, 9.17) is 9.47 Å². The molecule has 0 unspecified atom stereocenters. The van der Waals surface area contributed by atoms with Gasteiger partial charge in [-0.1, -0.05) is 29.8 Å². The first-order valence-electron chi connectivity index (χ1n) is 11.8. The number of nitrogens with one attached hydrogen (secondary N) is 3. The molecule has 0 saturated carbocycles. The van der Waals surface area contributed by atoms with Crippen molar-refractivity contribution in [2.75, 3.05) is 25.1 Å². The Kier molecular flexibility index (Phi) is 9.45. The maximum absolute atomic E-state index is 12.5. The lowest BCUT2D eigenvalue weighted by atomic mass is 10.1. The molecular formula is C28H31N3O5. The quantitative estimate of drug-likeness (QED) is 0.376. The van der Waals surface area contributed by atoms with Crippen LogP contribution in [0.4, 0.5) is 5.69 Å². The molecule has 36 heavy (non-hydrogen) atoms. The van der Waals surface area contributed by atoms with Gasteiger partial charge in [-0.05, 0) is 68.8 Å². The first-order valence-corrected chi connectivity index (χ1v) is 11.8. The van der Waals surface area contributed by atoms with Crippen LogP contribution in [0.2, 0.25) is 0 Å². The Labute approximate surface area is 211 Å². The highest BCUT2D eigenvalue weighted by Gasteiger charge is 2.13. The molecule has 0 spiro atoms. The summed E-state index contributed by atoms with van der Waals surface area (Å²) in [5.41, 5.74) is 3.45. The van der Waals surface area contributed by atoms with Crippen LogP contribution in [0.5, 0.6) is 11.5 Å². The Morgan fingerprint density at radius 2 is 1.44 bits per heavy atom. The van der Waals surface area contributed by atoms with Crippen LogP contribution in [0, 0.1) is 6.92 Å². The molecule has 3 amide bonds. The van der Waals surface area contributed by atoms with E-state index in [0.29, 0.717) is 41.5 Å². The number of rotatable bonds is 11. The van der Waals surface area contributed by atoms with Gasteiger partial charge in [-0.25, -0.2) is 0 Å². The van der Waals surface area contributed by atoms with E-state index in [-0.39, 0.29) is 24.9 Å². The molecule has 0 atom stereocenters. The minimum atomic E-state index is -0.394. The molecule has 0 bridgehead atoms. The number of aryl methyl sites for hydroxylation is 1. The van der Waals surface area contributed by atoms with Crippen LogP contribution in [0.15, 0.2) is 66.7 Å². The Hall–Kier alpha value is -4.33. The van der Waals surface area contributed by atoms with Gasteiger partial charge in [-0.2, -0.15) is 0 Å². The van der Waals surface area contributed by atoms with E-state index < -0.39 is 5.91 Å². The Morgan fingerprint density at radius 3 is 2.17 bits per heavy atom.